The van der Waals surface area contributed by atoms with Gasteiger partial charge in [0.15, 0.2) is 0 Å². The molecule has 100 valence electrons. The number of aromatic nitrogens is 1. The molecule has 2 rings (SSSR count). The Labute approximate surface area is 113 Å². The molecule has 0 unspecified atom stereocenters. The summed E-state index contributed by atoms with van der Waals surface area (Å²) in [6.07, 6.45) is 2.52. The number of benzene rings is 1. The van der Waals surface area contributed by atoms with Crippen LogP contribution >= 0.6 is 0 Å². The summed E-state index contributed by atoms with van der Waals surface area (Å²) < 4.78 is 0. The van der Waals surface area contributed by atoms with Crippen molar-refractivity contribution in [1.82, 2.24) is 4.98 Å². The van der Waals surface area contributed by atoms with Crippen molar-refractivity contribution < 1.29 is 4.79 Å². The van der Waals surface area contributed by atoms with Gasteiger partial charge in [-0.3, -0.25) is 4.79 Å². The molecule has 2 aromatic rings. The molecule has 0 atom stereocenters. The highest BCUT2D eigenvalue weighted by atomic mass is 16.1. The Morgan fingerprint density at radius 2 is 1.84 bits per heavy atom. The van der Waals surface area contributed by atoms with Crippen LogP contribution in [0.4, 0.5) is 11.5 Å². The second-order valence-corrected chi connectivity index (χ2v) is 4.05. The quantitative estimate of drug-likeness (QED) is 0.831. The molecule has 4 heteroatoms. The summed E-state index contributed by atoms with van der Waals surface area (Å²) in [5, 5.41) is 5.54. The van der Waals surface area contributed by atoms with Crippen LogP contribution in [0.15, 0.2) is 42.6 Å². The Morgan fingerprint density at radius 3 is 2.37 bits per heavy atom. The summed E-state index contributed by atoms with van der Waals surface area (Å²) in [4.78, 5) is 14.1. The van der Waals surface area contributed by atoms with Gasteiger partial charge < -0.3 is 10.6 Å². The molecule has 0 radical (unpaired) electrons. The van der Waals surface area contributed by atoms with Crippen LogP contribution in [-0.4, -0.2) is 18.4 Å². The molecule has 1 amide bonds. The van der Waals surface area contributed by atoms with E-state index in [2.05, 4.69) is 15.6 Å². The van der Waals surface area contributed by atoms with E-state index >= 15 is 0 Å². The van der Waals surface area contributed by atoms with Crippen LogP contribution in [0.3, 0.4) is 0 Å². The number of anilines is 2. The number of nitrogens with one attached hydrogen (secondary N) is 2. The molecule has 19 heavy (non-hydrogen) atoms. The fourth-order valence-corrected chi connectivity index (χ4v) is 1.41. The van der Waals surface area contributed by atoms with Crippen molar-refractivity contribution in [3.63, 3.8) is 0 Å². The summed E-state index contributed by atoms with van der Waals surface area (Å²) in [7, 11) is 1.86. The molecule has 0 aliphatic rings. The second kappa shape index (κ2) is 7.87. The van der Waals surface area contributed by atoms with Gasteiger partial charge in [0, 0.05) is 18.9 Å². The molecular formula is C15H19N3O. The number of hydrogen-bond acceptors (Lipinski definition) is 3. The van der Waals surface area contributed by atoms with Crippen molar-refractivity contribution in [3.05, 3.63) is 53.7 Å². The minimum Gasteiger partial charge on any atom is -0.373 e. The van der Waals surface area contributed by atoms with Crippen molar-refractivity contribution in [3.8, 4) is 0 Å². The third-order valence-electron chi connectivity index (χ3n) is 2.53. The molecule has 4 nitrogen and oxygen atoms in total. The maximum absolute atomic E-state index is 10.0. The van der Waals surface area contributed by atoms with Crippen molar-refractivity contribution in [2.24, 2.45) is 0 Å². The Morgan fingerprint density at radius 1 is 1.11 bits per heavy atom. The van der Waals surface area contributed by atoms with E-state index in [0.717, 1.165) is 17.1 Å². The van der Waals surface area contributed by atoms with E-state index in [1.807, 2.05) is 63.5 Å². The van der Waals surface area contributed by atoms with E-state index in [-0.39, 0.29) is 0 Å². The van der Waals surface area contributed by atoms with Gasteiger partial charge in [-0.2, -0.15) is 0 Å². The maximum atomic E-state index is 10.0. The SMILES string of the molecule is CNc1ccc(C)cn1.Cc1ccccc1NC=O. The largest absolute Gasteiger partial charge is 0.373 e. The first-order valence-corrected chi connectivity index (χ1v) is 6.03. The molecule has 0 aliphatic heterocycles. The molecule has 0 aliphatic carbocycles. The summed E-state index contributed by atoms with van der Waals surface area (Å²) >= 11 is 0. The normalized spacial score (nSPS) is 9.00. The van der Waals surface area contributed by atoms with Gasteiger partial charge in [-0.1, -0.05) is 24.3 Å². The molecule has 0 saturated carbocycles. The molecule has 1 aromatic carbocycles. The number of pyridine rings is 1. The van der Waals surface area contributed by atoms with E-state index in [9.17, 15) is 4.79 Å². The molecule has 0 saturated heterocycles. The lowest BCUT2D eigenvalue weighted by Crippen LogP contribution is -1.94. The number of carbonyl (C=O) groups excluding carboxylic acids is 1. The van der Waals surface area contributed by atoms with E-state index in [4.69, 9.17) is 0 Å². The van der Waals surface area contributed by atoms with Crippen LogP contribution in [0.25, 0.3) is 0 Å². The molecule has 0 spiro atoms. The smallest absolute Gasteiger partial charge is 0.211 e. The molecule has 0 bridgehead atoms. The van der Waals surface area contributed by atoms with Gasteiger partial charge in [-0.05, 0) is 37.1 Å². The van der Waals surface area contributed by atoms with Crippen molar-refractivity contribution in [1.29, 1.82) is 0 Å². The average Bonchev–Trinajstić information content (AvgIpc) is 2.43. The number of para-hydroxylation sites is 1. The predicted octanol–water partition coefficient (Wildman–Crippen LogP) is 3.00. The van der Waals surface area contributed by atoms with Gasteiger partial charge in [-0.15, -0.1) is 0 Å². The van der Waals surface area contributed by atoms with Crippen LogP contribution in [-0.2, 0) is 4.79 Å². The Bertz CT molecular complexity index is 509. The number of rotatable bonds is 3. The average molecular weight is 257 g/mol. The number of nitrogens with zero attached hydrogens (tertiary/aromatic N) is 1. The molecule has 2 N–H and O–H groups in total. The number of carbonyl (C=O) groups is 1. The Hall–Kier alpha value is -2.36. The fourth-order valence-electron chi connectivity index (χ4n) is 1.41. The zero-order valence-corrected chi connectivity index (χ0v) is 11.5. The van der Waals surface area contributed by atoms with E-state index in [0.29, 0.717) is 6.41 Å². The first kappa shape index (κ1) is 14.7. The van der Waals surface area contributed by atoms with Crippen LogP contribution < -0.4 is 10.6 Å². The Balaban J connectivity index is 0.000000191. The number of hydrogen-bond donors (Lipinski definition) is 2. The second-order valence-electron chi connectivity index (χ2n) is 4.05. The van der Waals surface area contributed by atoms with Gasteiger partial charge in [-0.25, -0.2) is 4.98 Å². The number of amides is 1. The van der Waals surface area contributed by atoms with Gasteiger partial charge >= 0.3 is 0 Å². The fraction of sp³-hybridized carbons (Fsp3) is 0.200. The maximum Gasteiger partial charge on any atom is 0.211 e. The van der Waals surface area contributed by atoms with Crippen molar-refractivity contribution >= 4 is 17.9 Å². The lowest BCUT2D eigenvalue weighted by atomic mass is 10.2. The number of aryl methyl sites for hydroxylation is 2. The highest BCUT2D eigenvalue weighted by Gasteiger charge is 1.91. The third kappa shape index (κ3) is 5.21. The van der Waals surface area contributed by atoms with E-state index < -0.39 is 0 Å². The van der Waals surface area contributed by atoms with E-state index in [1.165, 1.54) is 5.56 Å². The summed E-state index contributed by atoms with van der Waals surface area (Å²) in [6.45, 7) is 3.97. The highest BCUT2D eigenvalue weighted by molar-refractivity contribution is 5.72. The van der Waals surface area contributed by atoms with Crippen LogP contribution in [0.5, 0.6) is 0 Å². The minimum atomic E-state index is 0.683. The lowest BCUT2D eigenvalue weighted by molar-refractivity contribution is -0.105. The van der Waals surface area contributed by atoms with Crippen molar-refractivity contribution in [2.75, 3.05) is 17.7 Å². The molecular weight excluding hydrogens is 238 g/mol. The topological polar surface area (TPSA) is 54.0 Å². The highest BCUT2D eigenvalue weighted by Crippen LogP contribution is 2.11. The lowest BCUT2D eigenvalue weighted by Gasteiger charge is -2.00. The predicted molar refractivity (Wildman–Crippen MR) is 79.4 cm³/mol. The molecule has 1 aromatic heterocycles. The van der Waals surface area contributed by atoms with Crippen molar-refractivity contribution in [2.45, 2.75) is 13.8 Å². The van der Waals surface area contributed by atoms with Crippen LogP contribution in [0.2, 0.25) is 0 Å². The minimum absolute atomic E-state index is 0.683. The summed E-state index contributed by atoms with van der Waals surface area (Å²) in [6, 6.07) is 11.6. The summed E-state index contributed by atoms with van der Waals surface area (Å²) in [5.41, 5.74) is 3.14. The zero-order valence-electron chi connectivity index (χ0n) is 11.5. The van der Waals surface area contributed by atoms with Crippen LogP contribution in [0, 0.1) is 13.8 Å². The van der Waals surface area contributed by atoms with E-state index in [1.54, 1.807) is 0 Å². The zero-order chi connectivity index (χ0) is 14.1. The molecule has 0 fully saturated rings. The third-order valence-corrected chi connectivity index (χ3v) is 2.53. The van der Waals surface area contributed by atoms with Crippen LogP contribution in [0.1, 0.15) is 11.1 Å². The molecule has 1 heterocycles. The van der Waals surface area contributed by atoms with Gasteiger partial charge in [0.1, 0.15) is 5.82 Å². The van der Waals surface area contributed by atoms with Gasteiger partial charge in [0.2, 0.25) is 6.41 Å². The standard InChI is InChI=1S/C8H9NO.C7H10N2/c1-7-4-2-3-5-8(7)9-6-10;1-6-3-4-7(8-2)9-5-6/h2-6H,1H3,(H,9,10);3-5H,1-2H3,(H,8,9). The first-order chi connectivity index (χ1) is 9.17. The Kier molecular flexibility index (Phi) is 6.09. The monoisotopic (exact) mass is 257 g/mol. The first-order valence-electron chi connectivity index (χ1n) is 6.03. The summed E-state index contributed by atoms with van der Waals surface area (Å²) in [5.74, 6) is 0.917. The van der Waals surface area contributed by atoms with Gasteiger partial charge in [0.05, 0.1) is 0 Å². The van der Waals surface area contributed by atoms with Gasteiger partial charge in [0.25, 0.3) is 0 Å².